The molecule has 1 aliphatic rings. The Morgan fingerprint density at radius 2 is 2.14 bits per heavy atom. The summed E-state index contributed by atoms with van der Waals surface area (Å²) < 4.78 is 18.4. The standard InChI is InChI=1S/C22H30FN3O2/c1-2-3-4-21-13-20(26-28-21)11-18-15-24-10-9-17(18)12-22(27)25-14-16-5-7-19(23)8-6-16/h5-8,13,17-18,24H,2-4,9-12,14-15H2,1H3,(H,25,27)/t17-,18+/m0/s1. The number of aryl methyl sites for hydroxylation is 1. The van der Waals surface area contributed by atoms with Gasteiger partial charge in [-0.15, -0.1) is 0 Å². The molecule has 2 N–H and O–H groups in total. The number of carbonyl (C=O) groups is 1. The topological polar surface area (TPSA) is 67.2 Å². The Balaban J connectivity index is 1.50. The van der Waals surface area contributed by atoms with E-state index in [0.717, 1.165) is 62.2 Å². The van der Waals surface area contributed by atoms with Gasteiger partial charge in [-0.1, -0.05) is 30.6 Å². The largest absolute Gasteiger partial charge is 0.361 e. The van der Waals surface area contributed by atoms with E-state index in [0.29, 0.717) is 24.8 Å². The summed E-state index contributed by atoms with van der Waals surface area (Å²) in [6.07, 6.45) is 5.50. The number of piperidine rings is 1. The lowest BCUT2D eigenvalue weighted by Crippen LogP contribution is -2.40. The van der Waals surface area contributed by atoms with Gasteiger partial charge in [-0.2, -0.15) is 0 Å². The SMILES string of the molecule is CCCCc1cc(C[C@@H]2CNCC[C@H]2CC(=O)NCc2ccc(F)cc2)no1. The summed E-state index contributed by atoms with van der Waals surface area (Å²) >= 11 is 0. The van der Waals surface area contributed by atoms with Crippen LogP contribution in [0.5, 0.6) is 0 Å². The molecule has 28 heavy (non-hydrogen) atoms. The Morgan fingerprint density at radius 3 is 2.93 bits per heavy atom. The molecule has 2 heterocycles. The highest BCUT2D eigenvalue weighted by molar-refractivity contribution is 5.76. The molecule has 1 amide bonds. The number of rotatable bonds is 9. The number of unbranched alkanes of at least 4 members (excludes halogenated alkanes) is 1. The Hall–Kier alpha value is -2.21. The second kappa shape index (κ2) is 10.4. The van der Waals surface area contributed by atoms with E-state index in [-0.39, 0.29) is 11.7 Å². The van der Waals surface area contributed by atoms with Crippen molar-refractivity contribution in [1.82, 2.24) is 15.8 Å². The lowest BCUT2D eigenvalue weighted by atomic mass is 9.81. The predicted octanol–water partition coefficient (Wildman–Crippen LogP) is 3.63. The molecule has 1 aliphatic heterocycles. The van der Waals surface area contributed by atoms with Gasteiger partial charge in [0.05, 0.1) is 5.69 Å². The molecule has 0 unspecified atom stereocenters. The number of hydrogen-bond acceptors (Lipinski definition) is 4. The quantitative estimate of drug-likeness (QED) is 0.689. The first-order valence-electron chi connectivity index (χ1n) is 10.3. The van der Waals surface area contributed by atoms with Crippen molar-refractivity contribution in [1.29, 1.82) is 0 Å². The van der Waals surface area contributed by atoms with Crippen LogP contribution < -0.4 is 10.6 Å². The van der Waals surface area contributed by atoms with Crippen molar-refractivity contribution in [3.05, 3.63) is 53.2 Å². The molecule has 6 heteroatoms. The van der Waals surface area contributed by atoms with Crippen LogP contribution in [0.1, 0.15) is 49.6 Å². The minimum Gasteiger partial charge on any atom is -0.361 e. The van der Waals surface area contributed by atoms with E-state index in [1.165, 1.54) is 12.1 Å². The number of halogens is 1. The Morgan fingerprint density at radius 1 is 1.32 bits per heavy atom. The summed E-state index contributed by atoms with van der Waals surface area (Å²) in [6, 6.07) is 8.29. The van der Waals surface area contributed by atoms with Gasteiger partial charge in [-0.3, -0.25) is 4.79 Å². The van der Waals surface area contributed by atoms with Crippen molar-refractivity contribution in [2.45, 2.75) is 52.0 Å². The zero-order valence-corrected chi connectivity index (χ0v) is 16.5. The summed E-state index contributed by atoms with van der Waals surface area (Å²) in [4.78, 5) is 12.4. The van der Waals surface area contributed by atoms with Crippen molar-refractivity contribution in [2.75, 3.05) is 13.1 Å². The predicted molar refractivity (Wildman–Crippen MR) is 106 cm³/mol. The lowest BCUT2D eigenvalue weighted by Gasteiger charge is -2.31. The summed E-state index contributed by atoms with van der Waals surface area (Å²) in [5, 5.41) is 10.6. The molecule has 0 radical (unpaired) electrons. The molecule has 1 saturated heterocycles. The van der Waals surface area contributed by atoms with E-state index in [9.17, 15) is 9.18 Å². The summed E-state index contributed by atoms with van der Waals surface area (Å²) in [5.74, 6) is 1.43. The van der Waals surface area contributed by atoms with Crippen molar-refractivity contribution >= 4 is 5.91 Å². The number of amides is 1. The molecule has 0 spiro atoms. The molecule has 0 saturated carbocycles. The van der Waals surface area contributed by atoms with Crippen molar-refractivity contribution in [3.8, 4) is 0 Å². The molecule has 1 aromatic heterocycles. The third kappa shape index (κ3) is 6.16. The summed E-state index contributed by atoms with van der Waals surface area (Å²) in [7, 11) is 0. The number of hydrogen-bond donors (Lipinski definition) is 2. The van der Waals surface area contributed by atoms with Crippen LogP contribution in [0.4, 0.5) is 4.39 Å². The first-order chi connectivity index (χ1) is 13.6. The smallest absolute Gasteiger partial charge is 0.220 e. The highest BCUT2D eigenvalue weighted by atomic mass is 19.1. The fourth-order valence-electron chi connectivity index (χ4n) is 3.79. The molecular weight excluding hydrogens is 357 g/mol. The molecule has 152 valence electrons. The van der Waals surface area contributed by atoms with E-state index in [1.807, 2.05) is 0 Å². The number of nitrogens with one attached hydrogen (secondary N) is 2. The average Bonchev–Trinajstić information content (AvgIpc) is 3.15. The second-order valence-electron chi connectivity index (χ2n) is 7.71. The minimum atomic E-state index is -0.265. The Bertz CT molecular complexity index is 744. The fraction of sp³-hybridized carbons (Fsp3) is 0.545. The molecule has 5 nitrogen and oxygen atoms in total. The van der Waals surface area contributed by atoms with Gasteiger partial charge in [-0.05, 0) is 61.9 Å². The molecule has 3 rings (SSSR count). The van der Waals surface area contributed by atoms with Crippen LogP contribution in [-0.4, -0.2) is 24.2 Å². The van der Waals surface area contributed by atoms with E-state index < -0.39 is 0 Å². The van der Waals surface area contributed by atoms with Crippen molar-refractivity contribution in [2.24, 2.45) is 11.8 Å². The zero-order valence-electron chi connectivity index (χ0n) is 16.5. The van der Waals surface area contributed by atoms with E-state index >= 15 is 0 Å². The maximum absolute atomic E-state index is 13.0. The lowest BCUT2D eigenvalue weighted by molar-refractivity contribution is -0.122. The maximum atomic E-state index is 13.0. The summed E-state index contributed by atoms with van der Waals surface area (Å²) in [6.45, 7) is 4.43. The zero-order chi connectivity index (χ0) is 19.8. The van der Waals surface area contributed by atoms with Gasteiger partial charge < -0.3 is 15.2 Å². The Labute approximate surface area is 166 Å². The average molecular weight is 387 g/mol. The number of benzene rings is 1. The van der Waals surface area contributed by atoms with Gasteiger partial charge in [0.15, 0.2) is 0 Å². The van der Waals surface area contributed by atoms with Gasteiger partial charge in [0.25, 0.3) is 0 Å². The minimum absolute atomic E-state index is 0.0463. The molecule has 2 atom stereocenters. The molecule has 2 aromatic rings. The third-order valence-electron chi connectivity index (χ3n) is 5.47. The molecule has 0 aliphatic carbocycles. The molecule has 0 bridgehead atoms. The van der Waals surface area contributed by atoms with E-state index in [4.69, 9.17) is 4.52 Å². The van der Waals surface area contributed by atoms with E-state index in [1.54, 1.807) is 12.1 Å². The normalized spacial score (nSPS) is 19.5. The third-order valence-corrected chi connectivity index (χ3v) is 5.47. The van der Waals surface area contributed by atoms with Crippen LogP contribution in [0.3, 0.4) is 0 Å². The Kier molecular flexibility index (Phi) is 7.60. The molecule has 1 aromatic carbocycles. The van der Waals surface area contributed by atoms with Crippen molar-refractivity contribution < 1.29 is 13.7 Å². The molecular formula is C22H30FN3O2. The number of carbonyl (C=O) groups excluding carboxylic acids is 1. The van der Waals surface area contributed by atoms with Crippen LogP contribution >= 0.6 is 0 Å². The highest BCUT2D eigenvalue weighted by Gasteiger charge is 2.28. The second-order valence-corrected chi connectivity index (χ2v) is 7.71. The van der Waals surface area contributed by atoms with Crippen LogP contribution in [0, 0.1) is 17.7 Å². The van der Waals surface area contributed by atoms with E-state index in [2.05, 4.69) is 28.8 Å². The van der Waals surface area contributed by atoms with Gasteiger partial charge in [0.2, 0.25) is 5.91 Å². The monoisotopic (exact) mass is 387 g/mol. The van der Waals surface area contributed by atoms with Crippen LogP contribution in [-0.2, 0) is 24.2 Å². The fourth-order valence-corrected chi connectivity index (χ4v) is 3.79. The van der Waals surface area contributed by atoms with Gasteiger partial charge in [0.1, 0.15) is 11.6 Å². The highest BCUT2D eigenvalue weighted by Crippen LogP contribution is 2.26. The van der Waals surface area contributed by atoms with Crippen molar-refractivity contribution in [3.63, 3.8) is 0 Å². The number of nitrogens with zero attached hydrogens (tertiary/aromatic N) is 1. The van der Waals surface area contributed by atoms with Gasteiger partial charge in [-0.25, -0.2) is 4.39 Å². The van der Waals surface area contributed by atoms with Crippen LogP contribution in [0.25, 0.3) is 0 Å². The van der Waals surface area contributed by atoms with Gasteiger partial charge in [0, 0.05) is 25.5 Å². The summed E-state index contributed by atoms with van der Waals surface area (Å²) in [5.41, 5.74) is 1.88. The van der Waals surface area contributed by atoms with Gasteiger partial charge >= 0.3 is 0 Å². The van der Waals surface area contributed by atoms with Crippen LogP contribution in [0.2, 0.25) is 0 Å². The first-order valence-corrected chi connectivity index (χ1v) is 10.3. The maximum Gasteiger partial charge on any atom is 0.220 e. The number of aromatic nitrogens is 1. The molecule has 1 fully saturated rings. The van der Waals surface area contributed by atoms with Crippen LogP contribution in [0.15, 0.2) is 34.9 Å². The first kappa shape index (κ1) is 20.5.